The van der Waals surface area contributed by atoms with E-state index in [4.69, 9.17) is 0 Å². The Hall–Kier alpha value is -2.67. The highest BCUT2D eigenvalue weighted by atomic mass is 32.2. The van der Waals surface area contributed by atoms with Gasteiger partial charge in [-0.1, -0.05) is 26.0 Å². The van der Waals surface area contributed by atoms with Crippen LogP contribution in [0.25, 0.3) is 10.9 Å². The van der Waals surface area contributed by atoms with Crippen molar-refractivity contribution in [1.29, 1.82) is 0 Å². The van der Waals surface area contributed by atoms with Crippen LogP contribution >= 0.6 is 0 Å². The third kappa shape index (κ3) is 3.23. The molecule has 2 aromatic carbocycles. The van der Waals surface area contributed by atoms with Crippen LogP contribution in [-0.4, -0.2) is 29.8 Å². The van der Waals surface area contributed by atoms with E-state index in [9.17, 15) is 22.7 Å². The Morgan fingerprint density at radius 2 is 1.93 bits per heavy atom. The molecule has 0 atom stereocenters. The molecule has 2 heterocycles. The van der Waals surface area contributed by atoms with E-state index in [1.165, 1.54) is 12.1 Å². The van der Waals surface area contributed by atoms with Gasteiger partial charge in [0.1, 0.15) is 12.4 Å². The van der Waals surface area contributed by atoms with Crippen molar-refractivity contribution in [2.75, 3.05) is 5.75 Å². The van der Waals surface area contributed by atoms with Crippen LogP contribution in [0.2, 0.25) is 0 Å². The molecule has 0 aliphatic carbocycles. The van der Waals surface area contributed by atoms with Gasteiger partial charge in [-0.05, 0) is 54.3 Å². The second-order valence-corrected chi connectivity index (χ2v) is 10.3. The molecule has 0 amide bonds. The van der Waals surface area contributed by atoms with Gasteiger partial charge in [0.15, 0.2) is 9.84 Å². The van der Waals surface area contributed by atoms with Gasteiger partial charge < -0.3 is 9.67 Å². The average Bonchev–Trinajstić information content (AvgIpc) is 2.96. The van der Waals surface area contributed by atoms with E-state index in [0.29, 0.717) is 22.2 Å². The van der Waals surface area contributed by atoms with E-state index in [0.717, 1.165) is 22.4 Å². The quantitative estimate of drug-likeness (QED) is 0.703. The molecule has 4 rings (SSSR count). The highest BCUT2D eigenvalue weighted by Gasteiger charge is 2.40. The summed E-state index contributed by atoms with van der Waals surface area (Å²) in [5.41, 5.74) is 3.52. The lowest BCUT2D eigenvalue weighted by atomic mass is 9.85. The van der Waals surface area contributed by atoms with Gasteiger partial charge in [0.25, 0.3) is 0 Å². The normalized spacial score (nSPS) is 16.8. The second-order valence-electron chi connectivity index (χ2n) is 8.36. The number of benzene rings is 2. The number of halogens is 1. The molecule has 7 heteroatoms. The largest absolute Gasteiger partial charge is 0.480 e. The monoisotopic (exact) mass is 415 g/mol. The van der Waals surface area contributed by atoms with E-state index in [-0.39, 0.29) is 18.1 Å². The van der Waals surface area contributed by atoms with E-state index in [2.05, 4.69) is 0 Å². The third-order valence-electron chi connectivity index (χ3n) is 5.75. The Morgan fingerprint density at radius 1 is 1.21 bits per heavy atom. The van der Waals surface area contributed by atoms with Crippen molar-refractivity contribution < 1.29 is 22.7 Å². The van der Waals surface area contributed by atoms with Crippen molar-refractivity contribution >= 4 is 26.7 Å². The third-order valence-corrected chi connectivity index (χ3v) is 7.88. The molecule has 0 radical (unpaired) electrons. The molecule has 0 spiro atoms. The van der Waals surface area contributed by atoms with Gasteiger partial charge in [-0.3, -0.25) is 4.79 Å². The lowest BCUT2D eigenvalue weighted by Gasteiger charge is -2.17. The summed E-state index contributed by atoms with van der Waals surface area (Å²) in [7, 11) is -3.28. The fourth-order valence-electron chi connectivity index (χ4n) is 4.41. The zero-order valence-electron chi connectivity index (χ0n) is 16.5. The topological polar surface area (TPSA) is 76.4 Å². The van der Waals surface area contributed by atoms with Crippen molar-refractivity contribution in [3.63, 3.8) is 0 Å². The zero-order chi connectivity index (χ0) is 21.1. The summed E-state index contributed by atoms with van der Waals surface area (Å²) in [6.07, 6.45) is 0.460. The molecular weight excluding hydrogens is 393 g/mol. The zero-order valence-corrected chi connectivity index (χ0v) is 17.3. The molecule has 5 nitrogen and oxygen atoms in total. The highest BCUT2D eigenvalue weighted by molar-refractivity contribution is 7.91. The summed E-state index contributed by atoms with van der Waals surface area (Å²) in [4.78, 5) is 11.7. The first-order valence-corrected chi connectivity index (χ1v) is 11.0. The van der Waals surface area contributed by atoms with Crippen LogP contribution in [0.4, 0.5) is 4.39 Å². The van der Waals surface area contributed by atoms with Crippen molar-refractivity contribution in [1.82, 2.24) is 4.57 Å². The fourth-order valence-corrected chi connectivity index (χ4v) is 6.61. The number of nitrogens with zero attached hydrogens (tertiary/aromatic N) is 1. The molecular formula is C22H22FNO4S. The van der Waals surface area contributed by atoms with Crippen LogP contribution in [0.3, 0.4) is 0 Å². The molecule has 0 unspecified atom stereocenters. The van der Waals surface area contributed by atoms with Crippen LogP contribution in [0.1, 0.15) is 36.2 Å². The fraction of sp³-hybridized carbons (Fsp3) is 0.318. The molecule has 3 aromatic rings. The second kappa shape index (κ2) is 6.42. The average molecular weight is 415 g/mol. The number of carboxylic acids is 1. The number of carboxylic acid groups (broad SMARTS) is 1. The molecule has 29 heavy (non-hydrogen) atoms. The van der Waals surface area contributed by atoms with E-state index in [1.807, 2.05) is 26.8 Å². The Labute approximate surface area is 168 Å². The molecule has 0 bridgehead atoms. The Balaban J connectivity index is 1.85. The van der Waals surface area contributed by atoms with Gasteiger partial charge in [-0.25, -0.2) is 12.8 Å². The Bertz CT molecular complexity index is 1270. The SMILES string of the molecule is Cc1c(Cc2ccc3c(c2)C(C)(C)CS3(=O)=O)c2cc(F)ccc2n1CC(=O)O. The minimum atomic E-state index is -3.28. The maximum atomic E-state index is 13.9. The predicted molar refractivity (Wildman–Crippen MR) is 109 cm³/mol. The van der Waals surface area contributed by atoms with Gasteiger partial charge in [0.05, 0.1) is 10.6 Å². The summed E-state index contributed by atoms with van der Waals surface area (Å²) < 4.78 is 40.4. The minimum Gasteiger partial charge on any atom is -0.480 e. The lowest BCUT2D eigenvalue weighted by Crippen LogP contribution is -2.19. The van der Waals surface area contributed by atoms with Gasteiger partial charge in [0.2, 0.25) is 0 Å². The van der Waals surface area contributed by atoms with Crippen LogP contribution in [0.5, 0.6) is 0 Å². The van der Waals surface area contributed by atoms with E-state index >= 15 is 0 Å². The molecule has 0 saturated carbocycles. The summed E-state index contributed by atoms with van der Waals surface area (Å²) in [5.74, 6) is -1.27. The van der Waals surface area contributed by atoms with Gasteiger partial charge in [-0.2, -0.15) is 0 Å². The standard InChI is InChI=1S/C22H22FNO4S/c1-13-16(17-10-15(23)5-6-19(17)24(13)11-21(25)26)8-14-4-7-20-18(9-14)22(2,3)12-29(20,27)28/h4-7,9-10H,8,11-12H2,1-3H3,(H,25,26). The van der Waals surface area contributed by atoms with Gasteiger partial charge >= 0.3 is 5.97 Å². The molecule has 152 valence electrons. The summed E-state index contributed by atoms with van der Waals surface area (Å²) in [5, 5.41) is 9.94. The smallest absolute Gasteiger partial charge is 0.323 e. The highest BCUT2D eigenvalue weighted by Crippen LogP contribution is 2.40. The predicted octanol–water partition coefficient (Wildman–Crippen LogP) is 3.83. The summed E-state index contributed by atoms with van der Waals surface area (Å²) in [6.45, 7) is 5.46. The number of aromatic nitrogens is 1. The number of sulfone groups is 1. The van der Waals surface area contributed by atoms with Crippen molar-refractivity contribution in [2.45, 2.75) is 44.0 Å². The van der Waals surface area contributed by atoms with E-state index < -0.39 is 21.2 Å². The van der Waals surface area contributed by atoms with Crippen molar-refractivity contribution in [3.05, 3.63) is 64.6 Å². The van der Waals surface area contributed by atoms with Crippen LogP contribution < -0.4 is 0 Å². The Morgan fingerprint density at radius 3 is 2.62 bits per heavy atom. The first-order valence-electron chi connectivity index (χ1n) is 9.35. The summed E-state index contributed by atoms with van der Waals surface area (Å²) >= 11 is 0. The number of aliphatic carboxylic acids is 1. The molecule has 1 aromatic heterocycles. The number of hydrogen-bond donors (Lipinski definition) is 1. The van der Waals surface area contributed by atoms with Gasteiger partial charge in [0, 0.05) is 22.0 Å². The van der Waals surface area contributed by atoms with E-state index in [1.54, 1.807) is 22.8 Å². The van der Waals surface area contributed by atoms with Crippen LogP contribution in [0.15, 0.2) is 41.3 Å². The molecule has 0 fully saturated rings. The van der Waals surface area contributed by atoms with Crippen LogP contribution in [0, 0.1) is 12.7 Å². The lowest BCUT2D eigenvalue weighted by molar-refractivity contribution is -0.137. The summed E-state index contributed by atoms with van der Waals surface area (Å²) in [6, 6.07) is 9.71. The maximum Gasteiger partial charge on any atom is 0.323 e. The van der Waals surface area contributed by atoms with Crippen molar-refractivity contribution in [2.24, 2.45) is 0 Å². The minimum absolute atomic E-state index is 0.0843. The molecule has 1 aliphatic rings. The number of fused-ring (bicyclic) bond motifs is 2. The molecule has 0 saturated heterocycles. The van der Waals surface area contributed by atoms with Crippen LogP contribution in [-0.2, 0) is 33.0 Å². The van der Waals surface area contributed by atoms with Gasteiger partial charge in [-0.15, -0.1) is 0 Å². The number of rotatable bonds is 4. The molecule has 1 N–H and O–H groups in total. The van der Waals surface area contributed by atoms with Crippen molar-refractivity contribution in [3.8, 4) is 0 Å². The maximum absolute atomic E-state index is 13.9. The number of carbonyl (C=O) groups is 1. The first kappa shape index (κ1) is 19.6. The molecule has 1 aliphatic heterocycles. The number of hydrogen-bond acceptors (Lipinski definition) is 3. The first-order chi connectivity index (χ1) is 13.5. The Kier molecular flexibility index (Phi) is 4.35.